The summed E-state index contributed by atoms with van der Waals surface area (Å²) >= 11 is 0. The Hall–Kier alpha value is -0.160. The van der Waals surface area contributed by atoms with E-state index in [9.17, 15) is 0 Å². The summed E-state index contributed by atoms with van der Waals surface area (Å²) in [4.78, 5) is 5.14. The Labute approximate surface area is 117 Å². The fourth-order valence-electron chi connectivity index (χ4n) is 4.48. The molecule has 110 valence electrons. The van der Waals surface area contributed by atoms with E-state index in [2.05, 4.69) is 23.8 Å². The van der Waals surface area contributed by atoms with Gasteiger partial charge in [-0.05, 0) is 50.7 Å². The van der Waals surface area contributed by atoms with Crippen LogP contribution in [0.2, 0.25) is 0 Å². The molecule has 2 saturated heterocycles. The second kappa shape index (κ2) is 4.69. The smallest absolute Gasteiger partial charge is 0.0115 e. The molecule has 0 amide bonds. The van der Waals surface area contributed by atoms with Gasteiger partial charge in [0, 0.05) is 37.6 Å². The van der Waals surface area contributed by atoms with Crippen LogP contribution in [0.3, 0.4) is 0 Å². The molecule has 1 aliphatic carbocycles. The standard InChI is InChI=1S/C15H30N4/c1-14(9-16)3-4-19(10-14)8-12-5-15(6-13(15)17)11-18(2)7-12/h12-13H,3-11,16-17H2,1-2H3/t12?,13-,14-,15-/m0/s1. The van der Waals surface area contributed by atoms with Crippen LogP contribution in [-0.2, 0) is 0 Å². The molecular weight excluding hydrogens is 236 g/mol. The van der Waals surface area contributed by atoms with Crippen LogP contribution < -0.4 is 11.5 Å². The van der Waals surface area contributed by atoms with Crippen LogP contribution in [0.5, 0.6) is 0 Å². The van der Waals surface area contributed by atoms with E-state index in [-0.39, 0.29) is 0 Å². The van der Waals surface area contributed by atoms with E-state index < -0.39 is 0 Å². The number of nitrogens with two attached hydrogens (primary N) is 2. The Morgan fingerprint density at radius 3 is 2.58 bits per heavy atom. The van der Waals surface area contributed by atoms with E-state index in [0.717, 1.165) is 12.5 Å². The van der Waals surface area contributed by atoms with E-state index in [0.29, 0.717) is 16.9 Å². The molecule has 2 heterocycles. The third kappa shape index (κ3) is 2.68. The number of hydrogen-bond acceptors (Lipinski definition) is 4. The second-order valence-electron chi connectivity index (χ2n) is 7.94. The molecule has 4 heteroatoms. The Morgan fingerprint density at radius 2 is 2.00 bits per heavy atom. The minimum Gasteiger partial charge on any atom is -0.330 e. The van der Waals surface area contributed by atoms with Crippen molar-refractivity contribution >= 4 is 0 Å². The Kier molecular flexibility index (Phi) is 3.41. The zero-order valence-electron chi connectivity index (χ0n) is 12.6. The average molecular weight is 266 g/mol. The van der Waals surface area contributed by atoms with Crippen molar-refractivity contribution in [3.05, 3.63) is 0 Å². The first kappa shape index (κ1) is 13.8. The molecule has 0 aromatic heterocycles. The van der Waals surface area contributed by atoms with E-state index in [4.69, 9.17) is 11.5 Å². The topological polar surface area (TPSA) is 58.5 Å². The molecule has 19 heavy (non-hydrogen) atoms. The first-order valence-electron chi connectivity index (χ1n) is 7.81. The van der Waals surface area contributed by atoms with Crippen LogP contribution in [0.1, 0.15) is 26.2 Å². The first-order chi connectivity index (χ1) is 8.95. The molecule has 3 aliphatic rings. The summed E-state index contributed by atoms with van der Waals surface area (Å²) in [7, 11) is 2.26. The highest BCUT2D eigenvalue weighted by molar-refractivity contribution is 5.10. The molecule has 0 aromatic carbocycles. The van der Waals surface area contributed by atoms with Crippen molar-refractivity contribution in [2.24, 2.45) is 28.2 Å². The summed E-state index contributed by atoms with van der Waals surface area (Å²) in [6.45, 7) is 9.26. The third-order valence-electron chi connectivity index (χ3n) is 5.75. The maximum absolute atomic E-state index is 6.17. The molecule has 1 saturated carbocycles. The van der Waals surface area contributed by atoms with Crippen LogP contribution in [0, 0.1) is 16.7 Å². The van der Waals surface area contributed by atoms with Crippen LogP contribution >= 0.6 is 0 Å². The van der Waals surface area contributed by atoms with Crippen molar-refractivity contribution in [1.29, 1.82) is 0 Å². The summed E-state index contributed by atoms with van der Waals surface area (Å²) in [6, 6.07) is 0.464. The molecule has 0 aromatic rings. The first-order valence-corrected chi connectivity index (χ1v) is 7.81. The van der Waals surface area contributed by atoms with Crippen molar-refractivity contribution in [1.82, 2.24) is 9.80 Å². The lowest BCUT2D eigenvalue weighted by Crippen LogP contribution is -2.45. The Morgan fingerprint density at radius 1 is 1.26 bits per heavy atom. The van der Waals surface area contributed by atoms with Crippen molar-refractivity contribution < 1.29 is 0 Å². The van der Waals surface area contributed by atoms with Gasteiger partial charge in [-0.15, -0.1) is 0 Å². The molecule has 3 fully saturated rings. The number of rotatable bonds is 3. The summed E-state index contributed by atoms with van der Waals surface area (Å²) < 4.78 is 0. The minimum absolute atomic E-state index is 0.355. The van der Waals surface area contributed by atoms with Gasteiger partial charge in [-0.2, -0.15) is 0 Å². The summed E-state index contributed by atoms with van der Waals surface area (Å²) in [5, 5.41) is 0. The van der Waals surface area contributed by atoms with Crippen LogP contribution in [0.25, 0.3) is 0 Å². The fourth-order valence-corrected chi connectivity index (χ4v) is 4.48. The van der Waals surface area contributed by atoms with Gasteiger partial charge in [0.05, 0.1) is 0 Å². The van der Waals surface area contributed by atoms with Gasteiger partial charge in [0.15, 0.2) is 0 Å². The third-order valence-corrected chi connectivity index (χ3v) is 5.75. The molecule has 2 aliphatic heterocycles. The van der Waals surface area contributed by atoms with E-state index in [1.54, 1.807) is 0 Å². The lowest BCUT2D eigenvalue weighted by Gasteiger charge is -2.38. The van der Waals surface area contributed by atoms with Gasteiger partial charge in [-0.1, -0.05) is 6.92 Å². The zero-order valence-corrected chi connectivity index (χ0v) is 12.6. The van der Waals surface area contributed by atoms with Gasteiger partial charge in [-0.3, -0.25) is 0 Å². The molecule has 4 nitrogen and oxygen atoms in total. The molecule has 3 rings (SSSR count). The monoisotopic (exact) mass is 266 g/mol. The lowest BCUT2D eigenvalue weighted by atomic mass is 9.86. The second-order valence-corrected chi connectivity index (χ2v) is 7.94. The Balaban J connectivity index is 1.56. The predicted molar refractivity (Wildman–Crippen MR) is 78.8 cm³/mol. The van der Waals surface area contributed by atoms with Crippen molar-refractivity contribution in [2.45, 2.75) is 32.2 Å². The van der Waals surface area contributed by atoms with Crippen molar-refractivity contribution in [2.75, 3.05) is 46.3 Å². The van der Waals surface area contributed by atoms with Gasteiger partial charge in [0.25, 0.3) is 0 Å². The summed E-state index contributed by atoms with van der Waals surface area (Å²) in [6.07, 6.45) is 3.85. The normalized spacial score (nSPS) is 48.0. The Bertz CT molecular complexity index is 347. The average Bonchev–Trinajstić information content (AvgIpc) is 2.77. The molecule has 4 atom stereocenters. The molecule has 0 bridgehead atoms. The van der Waals surface area contributed by atoms with E-state index in [1.165, 1.54) is 52.0 Å². The fraction of sp³-hybridized carbons (Fsp3) is 1.00. The molecule has 1 spiro atoms. The van der Waals surface area contributed by atoms with Gasteiger partial charge in [-0.25, -0.2) is 0 Å². The summed E-state index contributed by atoms with van der Waals surface area (Å²) in [5.41, 5.74) is 12.9. The minimum atomic E-state index is 0.355. The predicted octanol–water partition coefficient (Wildman–Crippen LogP) is 0.326. The maximum Gasteiger partial charge on any atom is 0.0115 e. The van der Waals surface area contributed by atoms with Crippen molar-refractivity contribution in [3.63, 3.8) is 0 Å². The molecule has 0 radical (unpaired) electrons. The van der Waals surface area contributed by atoms with Gasteiger partial charge in [0.2, 0.25) is 0 Å². The van der Waals surface area contributed by atoms with Crippen LogP contribution in [0.4, 0.5) is 0 Å². The van der Waals surface area contributed by atoms with Gasteiger partial charge < -0.3 is 21.3 Å². The number of hydrogen-bond donors (Lipinski definition) is 2. The summed E-state index contributed by atoms with van der Waals surface area (Å²) in [5.74, 6) is 0.799. The quantitative estimate of drug-likeness (QED) is 0.773. The molecule has 1 unspecified atom stereocenters. The van der Waals surface area contributed by atoms with Crippen molar-refractivity contribution in [3.8, 4) is 0 Å². The zero-order chi connectivity index (χ0) is 13.7. The highest BCUT2D eigenvalue weighted by Gasteiger charge is 2.55. The highest BCUT2D eigenvalue weighted by atomic mass is 15.2. The maximum atomic E-state index is 6.17. The van der Waals surface area contributed by atoms with Crippen LogP contribution in [0.15, 0.2) is 0 Å². The molecular formula is C15H30N4. The SMILES string of the molecule is CN1CC(CN2CC[C@@](C)(CN)C2)C[C@]2(C[C@@H]2N)C1. The van der Waals surface area contributed by atoms with Crippen LogP contribution in [-0.4, -0.2) is 62.2 Å². The number of nitrogens with zero attached hydrogens (tertiary/aromatic N) is 2. The van der Waals surface area contributed by atoms with E-state index >= 15 is 0 Å². The highest BCUT2D eigenvalue weighted by Crippen LogP contribution is 2.52. The molecule has 4 N–H and O–H groups in total. The number of likely N-dealkylation sites (tertiary alicyclic amines) is 2. The van der Waals surface area contributed by atoms with E-state index in [1.807, 2.05) is 0 Å². The van der Waals surface area contributed by atoms with Gasteiger partial charge >= 0.3 is 0 Å². The lowest BCUT2D eigenvalue weighted by molar-refractivity contribution is 0.105. The van der Waals surface area contributed by atoms with Gasteiger partial charge in [0.1, 0.15) is 0 Å². The number of piperidine rings is 1. The largest absolute Gasteiger partial charge is 0.330 e.